The minimum atomic E-state index is -0.870. The number of nitriles is 1. The Balaban J connectivity index is 0.000000165. The number of hydrogen-bond donors (Lipinski definition) is 3. The van der Waals surface area contributed by atoms with Gasteiger partial charge in [0.2, 0.25) is 17.5 Å². The number of nitrogens with zero attached hydrogens (tertiary/aromatic N) is 18. The second kappa shape index (κ2) is 32.2. The van der Waals surface area contributed by atoms with Crippen molar-refractivity contribution in [2.75, 3.05) is 91.0 Å². The lowest BCUT2D eigenvalue weighted by atomic mass is 10.1. The van der Waals surface area contributed by atoms with E-state index in [4.69, 9.17) is 34.4 Å². The van der Waals surface area contributed by atoms with E-state index in [0.717, 1.165) is 72.2 Å². The van der Waals surface area contributed by atoms with Crippen molar-refractivity contribution < 1.29 is 43.3 Å². The highest BCUT2D eigenvalue weighted by atomic mass is 16.6. The third kappa shape index (κ3) is 15.5. The van der Waals surface area contributed by atoms with Crippen LogP contribution in [0, 0.1) is 21.4 Å². The van der Waals surface area contributed by atoms with Crippen LogP contribution in [0.2, 0.25) is 0 Å². The van der Waals surface area contributed by atoms with Gasteiger partial charge < -0.3 is 53.7 Å². The highest BCUT2D eigenvalue weighted by Crippen LogP contribution is 2.37. The highest BCUT2D eigenvalue weighted by molar-refractivity contribution is 6.02. The van der Waals surface area contributed by atoms with Gasteiger partial charge in [0.05, 0.1) is 55.7 Å². The number of anilines is 2. The first kappa shape index (κ1) is 72.1. The molecule has 524 valence electrons. The molecule has 33 nitrogen and oxygen atoms in total. The maximum atomic E-state index is 12.7. The lowest BCUT2D eigenvalue weighted by Crippen LogP contribution is -2.47. The maximum absolute atomic E-state index is 12.7. The van der Waals surface area contributed by atoms with Crippen LogP contribution in [0.4, 0.5) is 23.1 Å². The molecule has 4 N–H and O–H groups in total. The van der Waals surface area contributed by atoms with Gasteiger partial charge in [0, 0.05) is 112 Å². The van der Waals surface area contributed by atoms with Crippen molar-refractivity contribution in [2.24, 2.45) is 26.1 Å². The number of carbonyl (C=O) groups excluding carboxylic acids is 1. The van der Waals surface area contributed by atoms with E-state index in [1.807, 2.05) is 54.1 Å². The molecule has 9 heterocycles. The van der Waals surface area contributed by atoms with E-state index >= 15 is 0 Å². The number of nitro benzene ring substituents is 1. The summed E-state index contributed by atoms with van der Waals surface area (Å²) in [6.07, 6.45) is 10.3. The van der Waals surface area contributed by atoms with Crippen LogP contribution < -0.4 is 47.3 Å². The number of hydrogen-bond acceptors (Lipinski definition) is 24. The fourth-order valence-corrected chi connectivity index (χ4v) is 11.1. The molecule has 2 aliphatic rings. The predicted molar refractivity (Wildman–Crippen MR) is 374 cm³/mol. The van der Waals surface area contributed by atoms with E-state index in [9.17, 15) is 44.3 Å². The molecular formula is C67H77N19O14. The van der Waals surface area contributed by atoms with E-state index in [1.54, 1.807) is 97.6 Å². The van der Waals surface area contributed by atoms with Crippen LogP contribution in [0.1, 0.15) is 50.2 Å². The predicted octanol–water partition coefficient (Wildman–Crippen LogP) is 5.41. The average Bonchev–Trinajstić information content (AvgIpc) is 1.60. The van der Waals surface area contributed by atoms with Gasteiger partial charge in [-0.15, -0.1) is 5.10 Å². The second-order valence-electron chi connectivity index (χ2n) is 22.4. The monoisotopic (exact) mass is 1370 g/mol. The number of furan rings is 1. The molecule has 100 heavy (non-hydrogen) atoms. The van der Waals surface area contributed by atoms with Gasteiger partial charge in [0.25, 0.3) is 17.0 Å². The van der Waals surface area contributed by atoms with Gasteiger partial charge in [-0.3, -0.25) is 47.7 Å². The number of fused-ring (bicyclic) bond motifs is 5. The van der Waals surface area contributed by atoms with Crippen molar-refractivity contribution >= 4 is 81.3 Å². The molecule has 2 aliphatic heterocycles. The molecule has 0 atom stereocenters. The van der Waals surface area contributed by atoms with Gasteiger partial charge in [-0.2, -0.15) is 19.9 Å². The molecule has 0 unspecified atom stereocenters. The number of aliphatic imine (C=N–C) groups is 1. The largest absolute Gasteiger partial charge is 0.504 e. The number of likely N-dealkylation sites (N-methyl/N-ethyl adjacent to an activating group) is 1. The number of rotatable bonds is 20. The Kier molecular flexibility index (Phi) is 23.2. The maximum Gasteiger partial charge on any atom is 0.332 e. The highest BCUT2D eigenvalue weighted by Gasteiger charge is 2.24. The number of methoxy groups -OCH3 is 3. The fraction of sp³-hybridized carbons (Fsp3) is 0.343. The van der Waals surface area contributed by atoms with Gasteiger partial charge in [0.1, 0.15) is 35.6 Å². The molecule has 1 amide bonds. The SMILES string of the molecule is CCN(CC)C(=O)/C(C#N)=C/c1cc(O)c(O)c([N+](=O)[O-])c1.CCn1c(=O)c2c(nc(/C=C/c3ccc(OC)c(OC)c3)n2C)n(CC)c1=O.COCCOc1ccc(N2CCN(CCn3ncc4c3nc(N)n3nc(-c5ccco5)nc43)CC2)cc1.Cn1c2c(c(=O)n(C)c1=O)CC=N2. The van der Waals surface area contributed by atoms with E-state index in [1.165, 1.54) is 35.9 Å². The number of aromatic nitrogens is 12. The molecule has 10 aromatic rings. The zero-order valence-corrected chi connectivity index (χ0v) is 56.9. The van der Waals surface area contributed by atoms with Crippen molar-refractivity contribution in [1.29, 1.82) is 5.26 Å². The number of benzene rings is 3. The number of phenols is 2. The first-order valence-corrected chi connectivity index (χ1v) is 31.8. The summed E-state index contributed by atoms with van der Waals surface area (Å²) in [6.45, 7) is 15.3. The third-order valence-electron chi connectivity index (χ3n) is 16.6. The number of nitrogen functional groups attached to an aromatic ring is 1. The number of phenolic OH excluding ortho intramolecular Hbond substituents is 2. The summed E-state index contributed by atoms with van der Waals surface area (Å²) in [4.78, 5) is 94.2. The van der Waals surface area contributed by atoms with Crippen molar-refractivity contribution in [2.45, 2.75) is 53.8 Å². The first-order chi connectivity index (χ1) is 48.1. The smallest absolute Gasteiger partial charge is 0.332 e. The Morgan fingerprint density at radius 3 is 2.16 bits per heavy atom. The van der Waals surface area contributed by atoms with Crippen molar-refractivity contribution in [1.82, 2.24) is 67.0 Å². The van der Waals surface area contributed by atoms with Gasteiger partial charge in [0.15, 0.2) is 45.5 Å². The molecule has 1 saturated heterocycles. The standard InChI is InChI=1S/C25H29N9O3.C20H24N4O4.C14H15N3O5.C8H9N3O2/c1-35-15-16-36-19-6-4-18(5-7-19)32-11-8-31(9-12-32)10-13-33-23-20(17-27-33)24-28-22(21-3-2-14-37-21)30-34(24)25(26)29-23;1-6-23-18-17(19(25)24(7-2)20(23)26)22(3)16(21-18)11-9-13-8-10-14(27-4)15(12-13)28-5;1-3-16(4-2)14(20)10(8-15)5-9-6-11(17(21)22)13(19)12(18)7-9;1-10-6-5(3-4-9-6)7(12)11(2)8(10)13/h2-7,14,17H,8-13,15-16H2,1H3,(H2,26,29);8-12H,6-7H2,1-5H3;5-7,18-19H,3-4H2,1-2H3;4H,3H2,1-2H3/b;11-9+;10-5+;. The summed E-state index contributed by atoms with van der Waals surface area (Å²) in [5.74, 6) is 2.43. The Morgan fingerprint density at radius 2 is 1.52 bits per heavy atom. The van der Waals surface area contributed by atoms with Crippen LogP contribution in [0.5, 0.6) is 28.7 Å². The van der Waals surface area contributed by atoms with Gasteiger partial charge in [-0.1, -0.05) is 12.1 Å². The van der Waals surface area contributed by atoms with E-state index in [-0.39, 0.29) is 39.6 Å². The van der Waals surface area contributed by atoms with Crippen LogP contribution in [-0.4, -0.2) is 175 Å². The van der Waals surface area contributed by atoms with Crippen molar-refractivity contribution in [3.63, 3.8) is 0 Å². The van der Waals surface area contributed by atoms with Crippen LogP contribution in [0.15, 0.2) is 113 Å². The third-order valence-corrected chi connectivity index (χ3v) is 16.6. The number of piperazine rings is 1. The molecular weight excluding hydrogens is 1290 g/mol. The fourth-order valence-electron chi connectivity index (χ4n) is 11.1. The Hall–Kier alpha value is -12.2. The van der Waals surface area contributed by atoms with Crippen molar-refractivity contribution in [3.8, 4) is 46.4 Å². The topological polar surface area (TPSA) is 389 Å². The van der Waals surface area contributed by atoms with Crippen LogP contribution in [-0.2, 0) is 56.7 Å². The zero-order valence-electron chi connectivity index (χ0n) is 56.9. The zero-order chi connectivity index (χ0) is 72.1. The first-order valence-electron chi connectivity index (χ1n) is 31.8. The van der Waals surface area contributed by atoms with Gasteiger partial charge in [-0.05, 0) is 106 Å². The molecule has 0 bridgehead atoms. The average molecular weight is 1370 g/mol. The van der Waals surface area contributed by atoms with E-state index < -0.39 is 28.0 Å². The molecule has 1 fully saturated rings. The number of nitrogens with two attached hydrogens (primary N) is 1. The Morgan fingerprint density at radius 1 is 0.800 bits per heavy atom. The number of carbonyl (C=O) groups is 1. The summed E-state index contributed by atoms with van der Waals surface area (Å²) < 4.78 is 37.1. The molecule has 3 aromatic carbocycles. The van der Waals surface area contributed by atoms with Crippen molar-refractivity contribution in [3.05, 3.63) is 159 Å². The van der Waals surface area contributed by atoms with Crippen LogP contribution in [0.25, 0.3) is 57.7 Å². The molecule has 12 rings (SSSR count). The Bertz CT molecular complexity index is 5020. The molecule has 0 saturated carbocycles. The lowest BCUT2D eigenvalue weighted by molar-refractivity contribution is -0.386. The number of ether oxygens (including phenoxy) is 4. The minimum absolute atomic E-state index is 0.0686. The normalized spacial score (nSPS) is 12.8. The second-order valence-corrected chi connectivity index (χ2v) is 22.4. The van der Waals surface area contributed by atoms with Gasteiger partial charge >= 0.3 is 17.1 Å². The minimum Gasteiger partial charge on any atom is -0.504 e. The summed E-state index contributed by atoms with van der Waals surface area (Å²) in [5, 5.41) is 48.6. The number of nitro groups is 1. The summed E-state index contributed by atoms with van der Waals surface area (Å²) in [5.41, 5.74) is 8.96. The Labute approximate surface area is 571 Å². The van der Waals surface area contributed by atoms with Gasteiger partial charge in [-0.25, -0.2) is 29.2 Å². The van der Waals surface area contributed by atoms with E-state index in [2.05, 4.69) is 52.1 Å². The number of amides is 1. The molecule has 33 heteroatoms. The summed E-state index contributed by atoms with van der Waals surface area (Å²) in [6, 6.07) is 21.2. The summed E-state index contributed by atoms with van der Waals surface area (Å²) >= 11 is 0. The van der Waals surface area contributed by atoms with Crippen LogP contribution >= 0.6 is 0 Å². The number of aromatic hydroxyl groups is 2. The van der Waals surface area contributed by atoms with Crippen LogP contribution in [0.3, 0.4) is 0 Å². The molecule has 0 spiro atoms. The molecule has 7 aromatic heterocycles. The number of imidazole rings is 1. The molecule has 0 aliphatic carbocycles. The van der Waals surface area contributed by atoms with E-state index in [0.29, 0.717) is 115 Å². The summed E-state index contributed by atoms with van der Waals surface area (Å²) in [7, 11) is 9.70. The lowest BCUT2D eigenvalue weighted by Gasteiger charge is -2.36. The molecule has 0 radical (unpaired) electrons. The quantitative estimate of drug-likeness (QED) is 0.0214. The number of aryl methyl sites for hydroxylation is 2.